The van der Waals surface area contributed by atoms with Gasteiger partial charge >= 0.3 is 0 Å². The highest BCUT2D eigenvalue weighted by atomic mass is 16.3. The topological polar surface area (TPSA) is 20.2 Å². The Labute approximate surface area is 150 Å². The van der Waals surface area contributed by atoms with E-state index in [1.165, 1.54) is 57.8 Å². The molecule has 0 amide bonds. The Kier molecular flexibility index (Phi) is 4.34. The van der Waals surface area contributed by atoms with E-state index in [-0.39, 0.29) is 6.10 Å². The van der Waals surface area contributed by atoms with Gasteiger partial charge in [-0.15, -0.1) is 0 Å². The molecule has 0 saturated heterocycles. The summed E-state index contributed by atoms with van der Waals surface area (Å²) in [4.78, 5) is 0. The summed E-state index contributed by atoms with van der Waals surface area (Å²) in [6.07, 6.45) is 13.7. The largest absolute Gasteiger partial charge is 0.393 e. The fourth-order valence-corrected chi connectivity index (χ4v) is 8.51. The van der Waals surface area contributed by atoms with Gasteiger partial charge in [0, 0.05) is 0 Å². The maximum Gasteiger partial charge on any atom is 0.0577 e. The van der Waals surface area contributed by atoms with Gasteiger partial charge in [0.1, 0.15) is 0 Å². The number of fused-ring (bicyclic) bond motifs is 5. The average Bonchev–Trinajstić information content (AvgIpc) is 2.92. The first-order chi connectivity index (χ1) is 11.4. The molecule has 9 atom stereocenters. The van der Waals surface area contributed by atoms with E-state index in [9.17, 15) is 5.11 Å². The Balaban J connectivity index is 1.65. The zero-order valence-electron chi connectivity index (χ0n) is 16.6. The van der Waals surface area contributed by atoms with Crippen molar-refractivity contribution in [2.45, 2.75) is 98.0 Å². The third-order valence-corrected chi connectivity index (χ3v) is 10.0. The molecule has 0 aromatic rings. The number of hydrogen-bond donors (Lipinski definition) is 1. The Morgan fingerprint density at radius 1 is 0.958 bits per heavy atom. The van der Waals surface area contributed by atoms with Gasteiger partial charge in [0.2, 0.25) is 0 Å². The zero-order chi connectivity index (χ0) is 17.1. The van der Waals surface area contributed by atoms with Gasteiger partial charge in [0.05, 0.1) is 6.10 Å². The molecule has 138 valence electrons. The summed E-state index contributed by atoms with van der Waals surface area (Å²) in [5.41, 5.74) is 1.05. The van der Waals surface area contributed by atoms with Gasteiger partial charge in [-0.3, -0.25) is 0 Å². The van der Waals surface area contributed by atoms with Gasteiger partial charge in [0.15, 0.2) is 0 Å². The third kappa shape index (κ3) is 2.29. The molecule has 0 unspecified atom stereocenters. The second-order valence-electron chi connectivity index (χ2n) is 10.7. The number of hydrogen-bond acceptors (Lipinski definition) is 1. The molecule has 4 saturated carbocycles. The van der Waals surface area contributed by atoms with Gasteiger partial charge in [-0.1, -0.05) is 47.0 Å². The standard InChI is InChI=1S/C23H40O/c1-5-15(2)17-9-10-18-21-19(11-13-23(17,18)4)22(3)12-7-6-8-16(22)14-20(21)24/h15-21,24H,5-14H2,1-4H3/t15-,16+,17-,18+,19+,20-,21+,22+,23-/m1/s1. The molecule has 4 rings (SSSR count). The molecule has 4 aliphatic rings. The van der Waals surface area contributed by atoms with Crippen LogP contribution in [0.25, 0.3) is 0 Å². The lowest BCUT2D eigenvalue weighted by atomic mass is 9.44. The lowest BCUT2D eigenvalue weighted by molar-refractivity contribution is -0.164. The van der Waals surface area contributed by atoms with Crippen LogP contribution in [0.5, 0.6) is 0 Å². The molecular weight excluding hydrogens is 292 g/mol. The molecular formula is C23H40O. The maximum absolute atomic E-state index is 11.2. The van der Waals surface area contributed by atoms with Crippen LogP contribution >= 0.6 is 0 Å². The minimum absolute atomic E-state index is 0.00789. The third-order valence-electron chi connectivity index (χ3n) is 10.0. The average molecular weight is 333 g/mol. The van der Waals surface area contributed by atoms with E-state index in [0.717, 1.165) is 36.0 Å². The van der Waals surface area contributed by atoms with Crippen molar-refractivity contribution >= 4 is 0 Å². The van der Waals surface area contributed by atoms with Gasteiger partial charge < -0.3 is 5.11 Å². The van der Waals surface area contributed by atoms with E-state index < -0.39 is 0 Å². The summed E-state index contributed by atoms with van der Waals surface area (Å²) in [6, 6.07) is 0. The van der Waals surface area contributed by atoms with Gasteiger partial charge in [0.25, 0.3) is 0 Å². The van der Waals surface area contributed by atoms with Crippen molar-refractivity contribution in [1.29, 1.82) is 0 Å². The molecule has 24 heavy (non-hydrogen) atoms. The molecule has 1 nitrogen and oxygen atoms in total. The van der Waals surface area contributed by atoms with Gasteiger partial charge in [-0.25, -0.2) is 0 Å². The van der Waals surface area contributed by atoms with E-state index in [1.54, 1.807) is 0 Å². The first-order valence-electron chi connectivity index (χ1n) is 11.1. The van der Waals surface area contributed by atoms with Crippen LogP contribution in [0.4, 0.5) is 0 Å². The minimum atomic E-state index is -0.00789. The summed E-state index contributed by atoms with van der Waals surface area (Å²) in [5, 5.41) is 11.2. The van der Waals surface area contributed by atoms with Crippen LogP contribution in [0.2, 0.25) is 0 Å². The maximum atomic E-state index is 11.2. The zero-order valence-corrected chi connectivity index (χ0v) is 16.6. The minimum Gasteiger partial charge on any atom is -0.393 e. The predicted molar refractivity (Wildman–Crippen MR) is 101 cm³/mol. The van der Waals surface area contributed by atoms with Crippen molar-refractivity contribution in [3.63, 3.8) is 0 Å². The SMILES string of the molecule is CC[C@@H](C)[C@H]1CC[C@H]2[C@@H]3[C@H](O)C[C@@H]4CCCC[C@]4(C)[C@H]3CC[C@]12C. The van der Waals surface area contributed by atoms with Crippen molar-refractivity contribution in [2.75, 3.05) is 0 Å². The van der Waals surface area contributed by atoms with Crippen molar-refractivity contribution in [3.8, 4) is 0 Å². The van der Waals surface area contributed by atoms with Crippen LogP contribution in [-0.4, -0.2) is 11.2 Å². The van der Waals surface area contributed by atoms with E-state index in [2.05, 4.69) is 27.7 Å². The molecule has 0 aromatic heterocycles. The summed E-state index contributed by atoms with van der Waals surface area (Å²) in [5.74, 6) is 4.77. The molecule has 0 heterocycles. The van der Waals surface area contributed by atoms with Crippen LogP contribution in [0, 0.1) is 46.3 Å². The van der Waals surface area contributed by atoms with Gasteiger partial charge in [-0.05, 0) is 91.3 Å². The Morgan fingerprint density at radius 2 is 1.71 bits per heavy atom. The molecule has 0 spiro atoms. The number of aliphatic hydroxyl groups excluding tert-OH is 1. The second kappa shape index (κ2) is 6.00. The summed E-state index contributed by atoms with van der Waals surface area (Å²) in [7, 11) is 0. The number of aliphatic hydroxyl groups is 1. The fourth-order valence-electron chi connectivity index (χ4n) is 8.51. The fraction of sp³-hybridized carbons (Fsp3) is 1.00. The first kappa shape index (κ1) is 17.4. The predicted octanol–water partition coefficient (Wildman–Crippen LogP) is 6.05. The lowest BCUT2D eigenvalue weighted by Crippen LogP contribution is -2.57. The lowest BCUT2D eigenvalue weighted by Gasteiger charge is -2.62. The van der Waals surface area contributed by atoms with E-state index >= 15 is 0 Å². The molecule has 1 N–H and O–H groups in total. The van der Waals surface area contributed by atoms with E-state index in [4.69, 9.17) is 0 Å². The molecule has 0 aliphatic heterocycles. The molecule has 4 fully saturated rings. The van der Waals surface area contributed by atoms with Crippen LogP contribution in [-0.2, 0) is 0 Å². The number of rotatable bonds is 2. The second-order valence-corrected chi connectivity index (χ2v) is 10.7. The van der Waals surface area contributed by atoms with Crippen molar-refractivity contribution in [2.24, 2.45) is 46.3 Å². The highest BCUT2D eigenvalue weighted by Gasteiger charge is 2.62. The van der Waals surface area contributed by atoms with Gasteiger partial charge in [-0.2, -0.15) is 0 Å². The molecule has 4 aliphatic carbocycles. The van der Waals surface area contributed by atoms with Crippen molar-refractivity contribution < 1.29 is 5.11 Å². The van der Waals surface area contributed by atoms with Crippen LogP contribution in [0.1, 0.15) is 91.9 Å². The Morgan fingerprint density at radius 3 is 2.46 bits per heavy atom. The Hall–Kier alpha value is -0.0400. The van der Waals surface area contributed by atoms with E-state index in [1.807, 2.05) is 0 Å². The van der Waals surface area contributed by atoms with Crippen LogP contribution in [0.3, 0.4) is 0 Å². The highest BCUT2D eigenvalue weighted by Crippen LogP contribution is 2.68. The van der Waals surface area contributed by atoms with E-state index in [0.29, 0.717) is 16.7 Å². The molecule has 0 aromatic carbocycles. The summed E-state index contributed by atoms with van der Waals surface area (Å²) >= 11 is 0. The van der Waals surface area contributed by atoms with Crippen LogP contribution < -0.4 is 0 Å². The summed E-state index contributed by atoms with van der Waals surface area (Å²) < 4.78 is 0. The molecule has 0 radical (unpaired) electrons. The quantitative estimate of drug-likeness (QED) is 0.652. The molecule has 0 bridgehead atoms. The smallest absolute Gasteiger partial charge is 0.0577 e. The molecule has 1 heteroatoms. The van der Waals surface area contributed by atoms with Crippen molar-refractivity contribution in [3.05, 3.63) is 0 Å². The van der Waals surface area contributed by atoms with Crippen molar-refractivity contribution in [1.82, 2.24) is 0 Å². The first-order valence-corrected chi connectivity index (χ1v) is 11.1. The Bertz CT molecular complexity index is 473. The summed E-state index contributed by atoms with van der Waals surface area (Å²) in [6.45, 7) is 10.1. The normalized spacial score (nSPS) is 55.4. The highest BCUT2D eigenvalue weighted by molar-refractivity contribution is 5.11. The van der Waals surface area contributed by atoms with Crippen LogP contribution in [0.15, 0.2) is 0 Å². The monoisotopic (exact) mass is 332 g/mol.